The predicted octanol–water partition coefficient (Wildman–Crippen LogP) is 0.272. The fourth-order valence-electron chi connectivity index (χ4n) is 1.32. The summed E-state index contributed by atoms with van der Waals surface area (Å²) in [4.78, 5) is 11.5. The maximum atomic E-state index is 11.5. The molecule has 0 saturated carbocycles. The first kappa shape index (κ1) is 11.5. The molecule has 0 fully saturated rings. The van der Waals surface area contributed by atoms with Gasteiger partial charge in [-0.2, -0.15) is 5.10 Å². The molecule has 2 N–H and O–H groups in total. The summed E-state index contributed by atoms with van der Waals surface area (Å²) < 4.78 is 1.75. The molecule has 1 rings (SSSR count). The van der Waals surface area contributed by atoms with Crippen molar-refractivity contribution in [2.75, 3.05) is 0 Å². The molecule has 0 saturated heterocycles. The van der Waals surface area contributed by atoms with Gasteiger partial charge in [-0.05, 0) is 12.5 Å². The SMILES string of the molecule is C#CCC(N)C(=O)CCc1ccnn1C. The fraction of sp³-hybridized carbons (Fsp3) is 0.455. The van der Waals surface area contributed by atoms with Gasteiger partial charge in [-0.25, -0.2) is 0 Å². The number of aryl methyl sites for hydroxylation is 2. The second-order valence-electron chi connectivity index (χ2n) is 3.43. The average molecular weight is 205 g/mol. The number of hydrogen-bond acceptors (Lipinski definition) is 3. The molecule has 0 radical (unpaired) electrons. The minimum Gasteiger partial charge on any atom is -0.321 e. The summed E-state index contributed by atoms with van der Waals surface area (Å²) in [6.45, 7) is 0. The van der Waals surface area contributed by atoms with Gasteiger partial charge in [-0.15, -0.1) is 12.3 Å². The Morgan fingerprint density at radius 2 is 2.53 bits per heavy atom. The van der Waals surface area contributed by atoms with Crippen molar-refractivity contribution in [2.24, 2.45) is 12.8 Å². The summed E-state index contributed by atoms with van der Waals surface area (Å²) >= 11 is 0. The first-order chi connectivity index (χ1) is 7.15. The van der Waals surface area contributed by atoms with Crippen LogP contribution in [0.1, 0.15) is 18.5 Å². The molecule has 0 aliphatic carbocycles. The average Bonchev–Trinajstić information content (AvgIpc) is 2.61. The van der Waals surface area contributed by atoms with E-state index in [1.54, 1.807) is 10.9 Å². The molecule has 0 spiro atoms. The third-order valence-electron chi connectivity index (χ3n) is 2.30. The van der Waals surface area contributed by atoms with Gasteiger partial charge < -0.3 is 5.73 Å². The quantitative estimate of drug-likeness (QED) is 0.702. The van der Waals surface area contributed by atoms with Crippen molar-refractivity contribution in [3.05, 3.63) is 18.0 Å². The van der Waals surface area contributed by atoms with Gasteiger partial charge in [0, 0.05) is 31.8 Å². The van der Waals surface area contributed by atoms with Gasteiger partial charge >= 0.3 is 0 Å². The van der Waals surface area contributed by atoms with Crippen molar-refractivity contribution in [3.8, 4) is 12.3 Å². The second kappa shape index (κ2) is 5.32. The van der Waals surface area contributed by atoms with Gasteiger partial charge in [-0.3, -0.25) is 9.48 Å². The van der Waals surface area contributed by atoms with Gasteiger partial charge in [0.2, 0.25) is 0 Å². The number of nitrogens with zero attached hydrogens (tertiary/aromatic N) is 2. The van der Waals surface area contributed by atoms with E-state index in [4.69, 9.17) is 12.2 Å². The molecule has 0 aromatic carbocycles. The lowest BCUT2D eigenvalue weighted by molar-refractivity contribution is -0.120. The molecule has 1 aromatic heterocycles. The molecular formula is C11H15N3O. The highest BCUT2D eigenvalue weighted by Crippen LogP contribution is 2.03. The van der Waals surface area contributed by atoms with Crippen LogP contribution in [-0.2, 0) is 18.3 Å². The van der Waals surface area contributed by atoms with E-state index in [2.05, 4.69) is 11.0 Å². The Morgan fingerprint density at radius 1 is 1.80 bits per heavy atom. The van der Waals surface area contributed by atoms with Crippen LogP contribution >= 0.6 is 0 Å². The fourth-order valence-corrected chi connectivity index (χ4v) is 1.32. The third kappa shape index (κ3) is 3.22. The van der Waals surface area contributed by atoms with Crippen molar-refractivity contribution >= 4 is 5.78 Å². The minimum absolute atomic E-state index is 0.00847. The van der Waals surface area contributed by atoms with Crippen molar-refractivity contribution in [2.45, 2.75) is 25.3 Å². The third-order valence-corrected chi connectivity index (χ3v) is 2.30. The highest BCUT2D eigenvalue weighted by Gasteiger charge is 2.12. The van der Waals surface area contributed by atoms with Crippen molar-refractivity contribution in [1.82, 2.24) is 9.78 Å². The monoisotopic (exact) mass is 205 g/mol. The zero-order valence-corrected chi connectivity index (χ0v) is 8.81. The topological polar surface area (TPSA) is 60.9 Å². The Hall–Kier alpha value is -1.60. The summed E-state index contributed by atoms with van der Waals surface area (Å²) in [6.07, 6.45) is 8.18. The molecule has 4 nitrogen and oxygen atoms in total. The maximum Gasteiger partial charge on any atom is 0.150 e. The molecule has 1 heterocycles. The first-order valence-corrected chi connectivity index (χ1v) is 4.83. The van der Waals surface area contributed by atoms with Gasteiger partial charge in [0.25, 0.3) is 0 Å². The van der Waals surface area contributed by atoms with Crippen LogP contribution in [0.15, 0.2) is 12.3 Å². The Labute approximate surface area is 89.5 Å². The van der Waals surface area contributed by atoms with Crippen LogP contribution in [0.4, 0.5) is 0 Å². The number of carbonyl (C=O) groups is 1. The van der Waals surface area contributed by atoms with Crippen molar-refractivity contribution in [3.63, 3.8) is 0 Å². The number of terminal acetylenes is 1. The van der Waals surface area contributed by atoms with E-state index in [9.17, 15) is 4.79 Å². The van der Waals surface area contributed by atoms with Crippen LogP contribution in [0.3, 0.4) is 0 Å². The van der Waals surface area contributed by atoms with Crippen LogP contribution in [0.2, 0.25) is 0 Å². The molecule has 15 heavy (non-hydrogen) atoms. The summed E-state index contributed by atoms with van der Waals surface area (Å²) in [5.74, 6) is 2.40. The zero-order chi connectivity index (χ0) is 11.3. The van der Waals surface area contributed by atoms with Gasteiger partial charge in [0.15, 0.2) is 5.78 Å². The molecule has 0 aliphatic heterocycles. The molecule has 80 valence electrons. The first-order valence-electron chi connectivity index (χ1n) is 4.83. The summed E-state index contributed by atoms with van der Waals surface area (Å²) in [5.41, 5.74) is 6.62. The van der Waals surface area contributed by atoms with Crippen molar-refractivity contribution in [1.29, 1.82) is 0 Å². The zero-order valence-electron chi connectivity index (χ0n) is 8.81. The second-order valence-corrected chi connectivity index (χ2v) is 3.43. The normalized spacial score (nSPS) is 12.1. The highest BCUT2D eigenvalue weighted by atomic mass is 16.1. The smallest absolute Gasteiger partial charge is 0.150 e. The number of nitrogens with two attached hydrogens (primary N) is 1. The highest BCUT2D eigenvalue weighted by molar-refractivity contribution is 5.84. The molecule has 1 unspecified atom stereocenters. The van der Waals surface area contributed by atoms with E-state index >= 15 is 0 Å². The van der Waals surface area contributed by atoms with E-state index in [1.165, 1.54) is 0 Å². The van der Waals surface area contributed by atoms with E-state index in [0.717, 1.165) is 5.69 Å². The number of hydrogen-bond donors (Lipinski definition) is 1. The minimum atomic E-state index is -0.525. The van der Waals surface area contributed by atoms with Gasteiger partial charge in [-0.1, -0.05) is 0 Å². The molecule has 0 bridgehead atoms. The Kier molecular flexibility index (Phi) is 4.07. The lowest BCUT2D eigenvalue weighted by Crippen LogP contribution is -2.30. The van der Waals surface area contributed by atoms with Crippen LogP contribution in [0.25, 0.3) is 0 Å². The Balaban J connectivity index is 2.41. The predicted molar refractivity (Wildman–Crippen MR) is 58.0 cm³/mol. The van der Waals surface area contributed by atoms with Crippen molar-refractivity contribution < 1.29 is 4.79 Å². The Bertz CT molecular complexity index is 375. The van der Waals surface area contributed by atoms with Crippen LogP contribution in [-0.4, -0.2) is 21.6 Å². The molecule has 0 aliphatic rings. The molecule has 0 amide bonds. The van der Waals surface area contributed by atoms with Crippen LogP contribution in [0, 0.1) is 12.3 Å². The molecule has 1 aromatic rings. The standard InChI is InChI=1S/C11H15N3O/c1-3-4-10(12)11(15)6-5-9-7-8-13-14(9)2/h1,7-8,10H,4-6,12H2,2H3. The lowest BCUT2D eigenvalue weighted by atomic mass is 10.1. The van der Waals surface area contributed by atoms with E-state index in [-0.39, 0.29) is 5.78 Å². The molecule has 1 atom stereocenters. The van der Waals surface area contributed by atoms with Crippen LogP contribution in [0.5, 0.6) is 0 Å². The van der Waals surface area contributed by atoms with Gasteiger partial charge in [0.05, 0.1) is 6.04 Å². The molecular weight excluding hydrogens is 190 g/mol. The number of ketones is 1. The number of carbonyl (C=O) groups excluding carboxylic acids is 1. The van der Waals surface area contributed by atoms with E-state index < -0.39 is 6.04 Å². The van der Waals surface area contributed by atoms with E-state index in [1.807, 2.05) is 13.1 Å². The molecule has 4 heteroatoms. The summed E-state index contributed by atoms with van der Waals surface area (Å²) in [5, 5.41) is 4.02. The van der Waals surface area contributed by atoms with E-state index in [0.29, 0.717) is 19.3 Å². The largest absolute Gasteiger partial charge is 0.321 e. The number of Topliss-reactive ketones (excluding diaryl/α,β-unsaturated/α-hetero) is 1. The number of rotatable bonds is 5. The number of aromatic nitrogens is 2. The van der Waals surface area contributed by atoms with Gasteiger partial charge in [0.1, 0.15) is 0 Å². The lowest BCUT2D eigenvalue weighted by Gasteiger charge is -2.06. The summed E-state index contributed by atoms with van der Waals surface area (Å²) in [7, 11) is 1.85. The Morgan fingerprint density at radius 3 is 3.07 bits per heavy atom. The maximum absolute atomic E-state index is 11.5. The summed E-state index contributed by atoms with van der Waals surface area (Å²) in [6, 6.07) is 1.36. The van der Waals surface area contributed by atoms with Crippen LogP contribution < -0.4 is 5.73 Å².